The lowest BCUT2D eigenvalue weighted by Crippen LogP contribution is -2.50. The standard InChI is InChI=1S/C27H31F3N9/c1-32-26-33-13-12-23(36-26)35-24-16-22(37-38-24)17-10-11-21(14-17)39(20-8-3-2-4-9-20)25(31)34-19-7-5-6-18(15-19)27(28,29)30/h1,5-7,12-13,15-17,20-21H,2-4,8-11,14H2,(H2,31,34)(H2,33,35,36,37,38)/q+1. The van der Waals surface area contributed by atoms with Gasteiger partial charge in [-0.3, -0.25) is 5.10 Å². The maximum atomic E-state index is 13.2. The van der Waals surface area contributed by atoms with Crippen LogP contribution in [0.5, 0.6) is 0 Å². The van der Waals surface area contributed by atoms with E-state index >= 15 is 0 Å². The number of halogens is 3. The number of rotatable bonds is 6. The van der Waals surface area contributed by atoms with E-state index in [1.54, 1.807) is 18.3 Å². The van der Waals surface area contributed by atoms with E-state index in [2.05, 4.69) is 40.2 Å². The van der Waals surface area contributed by atoms with Crippen LogP contribution in [0.15, 0.2) is 47.6 Å². The molecule has 2 fully saturated rings. The smallest absolute Gasteiger partial charge is 0.369 e. The summed E-state index contributed by atoms with van der Waals surface area (Å²) in [6.07, 6.45) is 5.15. The molecule has 0 radical (unpaired) electrons. The number of aliphatic imine (C=N–C) groups is 1. The molecule has 9 nitrogen and oxygen atoms in total. The van der Waals surface area contributed by atoms with Crippen LogP contribution >= 0.6 is 0 Å². The summed E-state index contributed by atoms with van der Waals surface area (Å²) >= 11 is 0. The third-order valence-corrected chi connectivity index (χ3v) is 7.50. The normalized spacial score (nSPS) is 20.5. The number of aromatic amines is 1. The molecule has 2 atom stereocenters. The number of hydrogen-bond acceptors (Lipinski definition) is 5. The highest BCUT2D eigenvalue weighted by Crippen LogP contribution is 2.39. The van der Waals surface area contributed by atoms with E-state index in [-0.39, 0.29) is 35.6 Å². The number of alkyl halides is 3. The number of aromatic nitrogens is 4. The highest BCUT2D eigenvalue weighted by molar-refractivity contribution is 5.82. The van der Waals surface area contributed by atoms with Crippen LogP contribution in [0.1, 0.15) is 68.5 Å². The second kappa shape index (κ2) is 11.3. The summed E-state index contributed by atoms with van der Waals surface area (Å²) in [7, 11) is 0. The lowest BCUT2D eigenvalue weighted by Gasteiger charge is -2.39. The SMILES string of the molecule is C#[N+]c1nccc(Nc2cc(C3CCC(N(C(N)=Nc4cccc(C(F)(F)F)c4)C4CCCCC4)C3)[nH]n2)n1. The zero-order valence-electron chi connectivity index (χ0n) is 21.4. The molecule has 0 spiro atoms. The van der Waals surface area contributed by atoms with Gasteiger partial charge in [-0.2, -0.15) is 23.1 Å². The van der Waals surface area contributed by atoms with Crippen LogP contribution in [-0.2, 0) is 6.18 Å². The summed E-state index contributed by atoms with van der Waals surface area (Å²) in [5.74, 6) is 1.82. The highest BCUT2D eigenvalue weighted by Gasteiger charge is 2.36. The Morgan fingerprint density at radius 1 is 1.08 bits per heavy atom. The molecule has 2 saturated carbocycles. The van der Waals surface area contributed by atoms with Crippen molar-refractivity contribution in [2.75, 3.05) is 5.32 Å². The fourth-order valence-corrected chi connectivity index (χ4v) is 5.69. The van der Waals surface area contributed by atoms with Gasteiger partial charge in [0.05, 0.1) is 11.3 Å². The molecule has 2 aliphatic carbocycles. The average molecular weight is 539 g/mol. The van der Waals surface area contributed by atoms with Crippen LogP contribution in [0.2, 0.25) is 0 Å². The van der Waals surface area contributed by atoms with Gasteiger partial charge in [0, 0.05) is 35.8 Å². The summed E-state index contributed by atoms with van der Waals surface area (Å²) < 4.78 is 39.7. The van der Waals surface area contributed by atoms with Gasteiger partial charge < -0.3 is 16.0 Å². The van der Waals surface area contributed by atoms with E-state index in [9.17, 15) is 13.2 Å². The Morgan fingerprint density at radius 3 is 2.67 bits per heavy atom. The van der Waals surface area contributed by atoms with Gasteiger partial charge in [0.25, 0.3) is 0 Å². The molecule has 12 heteroatoms. The van der Waals surface area contributed by atoms with Crippen molar-refractivity contribution < 1.29 is 13.2 Å². The number of guanidine groups is 1. The van der Waals surface area contributed by atoms with Crippen LogP contribution in [0.3, 0.4) is 0 Å². The first-order valence-corrected chi connectivity index (χ1v) is 13.2. The molecule has 0 amide bonds. The Morgan fingerprint density at radius 2 is 1.90 bits per heavy atom. The quantitative estimate of drug-likeness (QED) is 0.245. The van der Waals surface area contributed by atoms with Crippen LogP contribution in [-0.4, -0.2) is 43.1 Å². The third kappa shape index (κ3) is 6.30. The maximum absolute atomic E-state index is 13.2. The van der Waals surface area contributed by atoms with Gasteiger partial charge in [0.1, 0.15) is 12.8 Å². The first-order chi connectivity index (χ1) is 18.8. The molecule has 2 aromatic heterocycles. The minimum Gasteiger partial charge on any atom is -0.369 e. The number of benzene rings is 1. The maximum Gasteiger partial charge on any atom is 0.532 e. The summed E-state index contributed by atoms with van der Waals surface area (Å²) in [4.78, 5) is 18.3. The van der Waals surface area contributed by atoms with E-state index in [1.165, 1.54) is 12.5 Å². The van der Waals surface area contributed by atoms with Crippen LogP contribution in [0.4, 0.5) is 36.4 Å². The molecule has 2 unspecified atom stereocenters. The number of anilines is 2. The average Bonchev–Trinajstić information content (AvgIpc) is 3.59. The van der Waals surface area contributed by atoms with Crippen molar-refractivity contribution >= 4 is 29.2 Å². The largest absolute Gasteiger partial charge is 0.532 e. The predicted octanol–water partition coefficient (Wildman–Crippen LogP) is 6.47. The Labute approximate surface area is 224 Å². The van der Waals surface area contributed by atoms with Gasteiger partial charge in [-0.1, -0.05) is 30.3 Å². The molecular weight excluding hydrogens is 507 g/mol. The van der Waals surface area contributed by atoms with Crippen LogP contribution in [0, 0.1) is 6.57 Å². The molecular formula is C27H31F3N9+. The summed E-state index contributed by atoms with van der Waals surface area (Å²) in [5.41, 5.74) is 7.02. The van der Waals surface area contributed by atoms with Crippen molar-refractivity contribution in [3.63, 3.8) is 0 Å². The summed E-state index contributed by atoms with van der Waals surface area (Å²) in [5, 5.41) is 10.6. The van der Waals surface area contributed by atoms with Crippen LogP contribution < -0.4 is 11.1 Å². The molecule has 204 valence electrons. The predicted molar refractivity (Wildman–Crippen MR) is 144 cm³/mol. The Hall–Kier alpha value is -4.14. The molecule has 1 aromatic carbocycles. The van der Waals surface area contributed by atoms with Crippen molar-refractivity contribution in [3.05, 3.63) is 58.7 Å². The van der Waals surface area contributed by atoms with Gasteiger partial charge in [-0.15, -0.1) is 0 Å². The number of nitrogens with two attached hydrogens (primary N) is 1. The lowest BCUT2D eigenvalue weighted by molar-refractivity contribution is -0.137. The number of nitrogens with zero attached hydrogens (tertiary/aromatic N) is 6. The van der Waals surface area contributed by atoms with Gasteiger partial charge in [0.2, 0.25) is 5.82 Å². The van der Waals surface area contributed by atoms with Gasteiger partial charge in [0.15, 0.2) is 11.8 Å². The van der Waals surface area contributed by atoms with Gasteiger partial charge >= 0.3 is 12.1 Å². The Kier molecular flexibility index (Phi) is 7.67. The molecule has 0 saturated heterocycles. The molecule has 2 aliphatic rings. The van der Waals surface area contributed by atoms with Gasteiger partial charge in [-0.05, 0) is 55.3 Å². The second-order valence-electron chi connectivity index (χ2n) is 10.1. The van der Waals surface area contributed by atoms with Crippen molar-refractivity contribution in [3.8, 4) is 6.57 Å². The third-order valence-electron chi connectivity index (χ3n) is 7.50. The van der Waals surface area contributed by atoms with Crippen molar-refractivity contribution in [1.29, 1.82) is 0 Å². The molecule has 5 rings (SSSR count). The molecule has 0 bridgehead atoms. The van der Waals surface area contributed by atoms with E-state index < -0.39 is 11.7 Å². The Balaban J connectivity index is 1.33. The molecule has 3 aromatic rings. The lowest BCUT2D eigenvalue weighted by atomic mass is 9.92. The minimum absolute atomic E-state index is 0.128. The summed E-state index contributed by atoms with van der Waals surface area (Å²) in [6, 6.07) is 9.01. The zero-order chi connectivity index (χ0) is 27.4. The molecule has 0 aliphatic heterocycles. The monoisotopic (exact) mass is 538 g/mol. The number of hydrogen-bond donors (Lipinski definition) is 3. The first-order valence-electron chi connectivity index (χ1n) is 13.2. The Bertz CT molecular complexity index is 1350. The van der Waals surface area contributed by atoms with Crippen molar-refractivity contribution in [2.45, 2.75) is 75.5 Å². The van der Waals surface area contributed by atoms with E-state index in [1.807, 2.05) is 6.07 Å². The second-order valence-corrected chi connectivity index (χ2v) is 10.1. The van der Waals surface area contributed by atoms with Crippen molar-refractivity contribution in [1.82, 2.24) is 25.1 Å². The number of H-pyrrole nitrogens is 1. The molecule has 4 N–H and O–H groups in total. The fourth-order valence-electron chi connectivity index (χ4n) is 5.69. The minimum atomic E-state index is -4.44. The van der Waals surface area contributed by atoms with Gasteiger partial charge in [-0.25, -0.2) is 4.99 Å². The fraction of sp³-hybridized carbons (Fsp3) is 0.444. The summed E-state index contributed by atoms with van der Waals surface area (Å²) in [6.45, 7) is 5.26. The van der Waals surface area contributed by atoms with E-state index in [4.69, 9.17) is 12.3 Å². The van der Waals surface area contributed by atoms with E-state index in [0.29, 0.717) is 11.6 Å². The van der Waals surface area contributed by atoms with Crippen LogP contribution in [0.25, 0.3) is 4.85 Å². The van der Waals surface area contributed by atoms with Crippen molar-refractivity contribution in [2.24, 2.45) is 10.7 Å². The zero-order valence-corrected chi connectivity index (χ0v) is 21.4. The first kappa shape index (κ1) is 26.5. The molecule has 2 heterocycles. The number of nitrogens with one attached hydrogen (secondary N) is 2. The molecule has 39 heavy (non-hydrogen) atoms. The van der Waals surface area contributed by atoms with E-state index in [0.717, 1.165) is 62.8 Å². The highest BCUT2D eigenvalue weighted by atomic mass is 19.4. The topological polar surface area (TPSA) is 112 Å².